The standard InChI is InChI=1S/C22H25F2N7O2/c1-3-25-22(32)17-5-4-12-30(17)19-10-11-20(28-27-19)33-13-18-14(2)26-29-31(18)16-8-6-15(7-9-16)21(23)24/h6-11,17,21H,3-5,12-13H2,1-2H3,(H,25,32)/t17-/m0/s1. The zero-order valence-corrected chi connectivity index (χ0v) is 18.4. The molecule has 0 spiro atoms. The number of anilines is 1. The molecule has 11 heteroatoms. The van der Waals surface area contributed by atoms with Crippen LogP contribution in [0, 0.1) is 6.92 Å². The van der Waals surface area contributed by atoms with Gasteiger partial charge in [-0.15, -0.1) is 15.3 Å². The Morgan fingerprint density at radius 2 is 1.97 bits per heavy atom. The van der Waals surface area contributed by atoms with Crippen LogP contribution in [0.25, 0.3) is 5.69 Å². The van der Waals surface area contributed by atoms with Crippen molar-refractivity contribution in [3.8, 4) is 11.6 Å². The fraction of sp³-hybridized carbons (Fsp3) is 0.409. The Balaban J connectivity index is 1.44. The van der Waals surface area contributed by atoms with Crippen LogP contribution in [0.15, 0.2) is 36.4 Å². The molecule has 9 nitrogen and oxygen atoms in total. The summed E-state index contributed by atoms with van der Waals surface area (Å²) < 4.78 is 33.0. The number of halogens is 2. The summed E-state index contributed by atoms with van der Waals surface area (Å²) in [6.07, 6.45) is -0.839. The molecule has 1 saturated heterocycles. The predicted molar refractivity (Wildman–Crippen MR) is 116 cm³/mol. The lowest BCUT2D eigenvalue weighted by Gasteiger charge is -2.24. The van der Waals surface area contributed by atoms with Crippen molar-refractivity contribution in [2.24, 2.45) is 0 Å². The summed E-state index contributed by atoms with van der Waals surface area (Å²) >= 11 is 0. The van der Waals surface area contributed by atoms with E-state index in [2.05, 4.69) is 25.8 Å². The maximum absolute atomic E-state index is 12.8. The van der Waals surface area contributed by atoms with Crippen molar-refractivity contribution in [3.05, 3.63) is 53.3 Å². The summed E-state index contributed by atoms with van der Waals surface area (Å²) in [6, 6.07) is 9.09. The van der Waals surface area contributed by atoms with Gasteiger partial charge in [0.2, 0.25) is 11.8 Å². The summed E-state index contributed by atoms with van der Waals surface area (Å²) in [7, 11) is 0. The summed E-state index contributed by atoms with van der Waals surface area (Å²) in [5.74, 6) is 0.931. The zero-order valence-electron chi connectivity index (χ0n) is 18.4. The van der Waals surface area contributed by atoms with E-state index in [9.17, 15) is 13.6 Å². The molecule has 1 aliphatic rings. The molecule has 4 rings (SSSR count). The lowest BCUT2D eigenvalue weighted by Crippen LogP contribution is -2.43. The first-order valence-corrected chi connectivity index (χ1v) is 10.8. The molecule has 33 heavy (non-hydrogen) atoms. The van der Waals surface area contributed by atoms with E-state index in [1.165, 1.54) is 12.1 Å². The third kappa shape index (κ3) is 4.91. The van der Waals surface area contributed by atoms with Crippen molar-refractivity contribution >= 4 is 11.7 Å². The number of hydrogen-bond donors (Lipinski definition) is 1. The predicted octanol–water partition coefficient (Wildman–Crippen LogP) is 2.99. The lowest BCUT2D eigenvalue weighted by atomic mass is 10.2. The molecule has 1 aliphatic heterocycles. The van der Waals surface area contributed by atoms with Gasteiger partial charge in [-0.1, -0.05) is 17.3 Å². The molecule has 1 N–H and O–H groups in total. The number of nitrogens with one attached hydrogen (secondary N) is 1. The molecule has 3 aromatic rings. The minimum absolute atomic E-state index is 0.00468. The van der Waals surface area contributed by atoms with E-state index in [0.29, 0.717) is 35.3 Å². The third-order valence-corrected chi connectivity index (χ3v) is 5.53. The third-order valence-electron chi connectivity index (χ3n) is 5.53. The lowest BCUT2D eigenvalue weighted by molar-refractivity contribution is -0.122. The average Bonchev–Trinajstić information content (AvgIpc) is 3.45. The number of aryl methyl sites for hydroxylation is 1. The highest BCUT2D eigenvalue weighted by Crippen LogP contribution is 2.25. The number of carbonyl (C=O) groups excluding carboxylic acids is 1. The largest absolute Gasteiger partial charge is 0.470 e. The molecule has 1 aromatic carbocycles. The van der Waals surface area contributed by atoms with Crippen LogP contribution in [0.2, 0.25) is 0 Å². The summed E-state index contributed by atoms with van der Waals surface area (Å²) in [5.41, 5.74) is 1.86. The minimum atomic E-state index is -2.53. The molecule has 2 aromatic heterocycles. The topological polar surface area (TPSA) is 98.1 Å². The van der Waals surface area contributed by atoms with Crippen LogP contribution in [-0.2, 0) is 11.4 Å². The van der Waals surface area contributed by atoms with E-state index in [-0.39, 0.29) is 24.1 Å². The van der Waals surface area contributed by atoms with E-state index in [1.54, 1.807) is 35.9 Å². The second-order valence-electron chi connectivity index (χ2n) is 7.69. The fourth-order valence-electron chi connectivity index (χ4n) is 3.80. The SMILES string of the molecule is CCNC(=O)[C@@H]1CCCN1c1ccc(OCc2c(C)nnn2-c2ccc(C(F)F)cc2)nn1. The summed E-state index contributed by atoms with van der Waals surface area (Å²) in [5, 5.41) is 19.4. The molecule has 3 heterocycles. The van der Waals surface area contributed by atoms with Gasteiger partial charge in [0.15, 0.2) is 5.82 Å². The van der Waals surface area contributed by atoms with Gasteiger partial charge in [0.05, 0.1) is 11.4 Å². The molecule has 0 aliphatic carbocycles. The Bertz CT molecular complexity index is 1090. The normalized spacial score (nSPS) is 15.8. The van der Waals surface area contributed by atoms with Crippen LogP contribution in [0.4, 0.5) is 14.6 Å². The molecule has 0 bridgehead atoms. The highest BCUT2D eigenvalue weighted by atomic mass is 19.3. The first-order valence-electron chi connectivity index (χ1n) is 10.8. The van der Waals surface area contributed by atoms with Gasteiger partial charge in [-0.25, -0.2) is 13.5 Å². The number of rotatable bonds is 8. The van der Waals surface area contributed by atoms with E-state index in [4.69, 9.17) is 4.74 Å². The molecule has 0 radical (unpaired) electrons. The number of benzene rings is 1. The Labute approximate surface area is 189 Å². The maximum atomic E-state index is 12.8. The van der Waals surface area contributed by atoms with Crippen molar-refractivity contribution in [2.75, 3.05) is 18.0 Å². The van der Waals surface area contributed by atoms with Gasteiger partial charge in [-0.05, 0) is 44.9 Å². The van der Waals surface area contributed by atoms with Crippen molar-refractivity contribution in [3.63, 3.8) is 0 Å². The highest BCUT2D eigenvalue weighted by Gasteiger charge is 2.31. The second-order valence-corrected chi connectivity index (χ2v) is 7.69. The minimum Gasteiger partial charge on any atom is -0.470 e. The number of nitrogens with zero attached hydrogens (tertiary/aromatic N) is 6. The molecular weight excluding hydrogens is 432 g/mol. The van der Waals surface area contributed by atoms with Crippen LogP contribution >= 0.6 is 0 Å². The molecular formula is C22H25F2N7O2. The van der Waals surface area contributed by atoms with Gasteiger partial charge in [0.1, 0.15) is 18.3 Å². The van der Waals surface area contributed by atoms with Crippen LogP contribution in [0.3, 0.4) is 0 Å². The number of alkyl halides is 2. The number of ether oxygens (including phenoxy) is 1. The smallest absolute Gasteiger partial charge is 0.263 e. The second kappa shape index (κ2) is 9.88. The van der Waals surface area contributed by atoms with Crippen molar-refractivity contribution < 1.29 is 18.3 Å². The number of likely N-dealkylation sites (N-methyl/N-ethyl adjacent to an activating group) is 1. The van der Waals surface area contributed by atoms with Crippen molar-refractivity contribution in [1.29, 1.82) is 0 Å². The summed E-state index contributed by atoms with van der Waals surface area (Å²) in [6.45, 7) is 5.13. The van der Waals surface area contributed by atoms with Crippen molar-refractivity contribution in [1.82, 2.24) is 30.5 Å². The first-order chi connectivity index (χ1) is 16.0. The summed E-state index contributed by atoms with van der Waals surface area (Å²) in [4.78, 5) is 14.2. The molecule has 1 atom stereocenters. The van der Waals surface area contributed by atoms with Gasteiger partial charge in [-0.3, -0.25) is 4.79 Å². The monoisotopic (exact) mass is 457 g/mol. The average molecular weight is 457 g/mol. The number of aromatic nitrogens is 5. The number of hydrogen-bond acceptors (Lipinski definition) is 7. The first kappa shape index (κ1) is 22.6. The molecule has 174 valence electrons. The van der Waals surface area contributed by atoms with Crippen LogP contribution < -0.4 is 15.0 Å². The van der Waals surface area contributed by atoms with Gasteiger partial charge in [0.25, 0.3) is 6.43 Å². The zero-order chi connectivity index (χ0) is 23.4. The Kier molecular flexibility index (Phi) is 6.76. The van der Waals surface area contributed by atoms with E-state index in [0.717, 1.165) is 19.4 Å². The van der Waals surface area contributed by atoms with Crippen LogP contribution in [0.5, 0.6) is 5.88 Å². The number of carbonyl (C=O) groups is 1. The van der Waals surface area contributed by atoms with E-state index in [1.807, 2.05) is 11.8 Å². The Hall–Kier alpha value is -3.63. The molecule has 0 saturated carbocycles. The van der Waals surface area contributed by atoms with Gasteiger partial charge in [-0.2, -0.15) is 0 Å². The Morgan fingerprint density at radius 1 is 1.18 bits per heavy atom. The highest BCUT2D eigenvalue weighted by molar-refractivity contribution is 5.85. The van der Waals surface area contributed by atoms with Crippen LogP contribution in [-0.4, -0.2) is 50.2 Å². The van der Waals surface area contributed by atoms with Gasteiger partial charge in [0, 0.05) is 24.7 Å². The van der Waals surface area contributed by atoms with Crippen LogP contribution in [0.1, 0.15) is 43.1 Å². The maximum Gasteiger partial charge on any atom is 0.263 e. The molecule has 1 amide bonds. The van der Waals surface area contributed by atoms with Gasteiger partial charge < -0.3 is 15.0 Å². The van der Waals surface area contributed by atoms with E-state index >= 15 is 0 Å². The fourth-order valence-corrected chi connectivity index (χ4v) is 3.80. The Morgan fingerprint density at radius 3 is 2.64 bits per heavy atom. The molecule has 0 unspecified atom stereocenters. The van der Waals surface area contributed by atoms with Gasteiger partial charge >= 0.3 is 0 Å². The van der Waals surface area contributed by atoms with Crippen molar-refractivity contribution in [2.45, 2.75) is 45.8 Å². The quantitative estimate of drug-likeness (QED) is 0.555. The number of amides is 1. The van der Waals surface area contributed by atoms with E-state index < -0.39 is 6.43 Å². The molecule has 1 fully saturated rings.